The third-order valence-corrected chi connectivity index (χ3v) is 6.76. The highest BCUT2D eigenvalue weighted by atomic mass is 16.5. The summed E-state index contributed by atoms with van der Waals surface area (Å²) in [6.07, 6.45) is 3.62. The fraction of sp³-hybridized carbons (Fsp3) is 0.462. The van der Waals surface area contributed by atoms with E-state index in [0.29, 0.717) is 20.0 Å². The smallest absolute Gasteiger partial charge is 0.227 e. The van der Waals surface area contributed by atoms with Crippen molar-refractivity contribution in [2.24, 2.45) is 11.7 Å². The van der Waals surface area contributed by atoms with Crippen LogP contribution in [0.3, 0.4) is 0 Å². The second-order valence-corrected chi connectivity index (χ2v) is 9.09. The number of hydrogen-bond acceptors (Lipinski definition) is 7. The minimum atomic E-state index is -0.114. The maximum absolute atomic E-state index is 12.9. The Labute approximate surface area is 206 Å². The molecule has 0 spiro atoms. The summed E-state index contributed by atoms with van der Waals surface area (Å²) in [5, 5.41) is 9.30. The first kappa shape index (κ1) is 24.8. The van der Waals surface area contributed by atoms with Crippen molar-refractivity contribution in [3.05, 3.63) is 42.0 Å². The van der Waals surface area contributed by atoms with E-state index in [0.717, 1.165) is 59.7 Å². The van der Waals surface area contributed by atoms with Crippen LogP contribution < -0.4 is 31.3 Å². The van der Waals surface area contributed by atoms with Gasteiger partial charge in [-0.1, -0.05) is 12.1 Å². The molecule has 1 heterocycles. The summed E-state index contributed by atoms with van der Waals surface area (Å²) in [5.74, 6) is 0.662. The summed E-state index contributed by atoms with van der Waals surface area (Å²) in [6.45, 7) is 3.08. The van der Waals surface area contributed by atoms with Gasteiger partial charge in [0.25, 0.3) is 0 Å². The summed E-state index contributed by atoms with van der Waals surface area (Å²) in [4.78, 5) is 27.3. The maximum atomic E-state index is 12.9. The Hall–Kier alpha value is -3.30. The molecule has 0 atom stereocenters. The van der Waals surface area contributed by atoms with Gasteiger partial charge in [-0.15, -0.1) is 0 Å². The molecule has 5 N–H and O–H groups in total. The van der Waals surface area contributed by atoms with Crippen LogP contribution >= 0.6 is 0 Å². The van der Waals surface area contributed by atoms with Crippen LogP contribution in [0.2, 0.25) is 0 Å². The second kappa shape index (κ2) is 11.4. The molecule has 0 unspecified atom stereocenters. The fourth-order valence-corrected chi connectivity index (χ4v) is 4.84. The van der Waals surface area contributed by atoms with Crippen molar-refractivity contribution >= 4 is 34.6 Å². The first-order chi connectivity index (χ1) is 17.0. The topological polar surface area (TPSA) is 118 Å². The van der Waals surface area contributed by atoms with E-state index in [1.54, 1.807) is 7.11 Å². The van der Waals surface area contributed by atoms with Crippen LogP contribution in [0.15, 0.2) is 36.4 Å². The van der Waals surface area contributed by atoms with E-state index in [4.69, 9.17) is 15.2 Å². The van der Waals surface area contributed by atoms with E-state index in [-0.39, 0.29) is 30.2 Å². The lowest BCUT2D eigenvalue weighted by Gasteiger charge is -2.37. The van der Waals surface area contributed by atoms with Crippen molar-refractivity contribution in [3.8, 4) is 5.75 Å². The molecule has 0 radical (unpaired) electrons. The van der Waals surface area contributed by atoms with Gasteiger partial charge in [0.2, 0.25) is 11.8 Å². The zero-order valence-electron chi connectivity index (χ0n) is 20.4. The van der Waals surface area contributed by atoms with Crippen molar-refractivity contribution in [1.82, 2.24) is 0 Å². The lowest BCUT2D eigenvalue weighted by atomic mass is 9.84. The average molecular weight is 482 g/mol. The van der Waals surface area contributed by atoms with Crippen molar-refractivity contribution in [2.75, 3.05) is 48.0 Å². The van der Waals surface area contributed by atoms with Gasteiger partial charge in [-0.2, -0.15) is 0 Å². The Morgan fingerprint density at radius 3 is 2.71 bits per heavy atom. The molecule has 0 aromatic heterocycles. The number of hydrogen-bond donors (Lipinski definition) is 4. The molecule has 1 fully saturated rings. The van der Waals surface area contributed by atoms with E-state index < -0.39 is 0 Å². The van der Waals surface area contributed by atoms with Crippen LogP contribution in [0.4, 0.5) is 22.7 Å². The predicted octanol–water partition coefficient (Wildman–Crippen LogP) is 3.65. The quantitative estimate of drug-likeness (QED) is 0.477. The summed E-state index contributed by atoms with van der Waals surface area (Å²) in [5.41, 5.74) is 9.87. The average Bonchev–Trinajstić information content (AvgIpc) is 3.09. The SMILES string of the molecule is COc1cc(NC(=O)[C@H]2CC[C@@H](N3COCNc4c(NC(=O)CCN)cccc43)CC2)ccc1C. The number of benzene rings is 2. The molecular formula is C26H35N5O4. The molecule has 9 heteroatoms. The van der Waals surface area contributed by atoms with E-state index in [9.17, 15) is 9.59 Å². The molecule has 9 nitrogen and oxygen atoms in total. The van der Waals surface area contributed by atoms with Gasteiger partial charge in [0.05, 0.1) is 24.2 Å². The summed E-state index contributed by atoms with van der Waals surface area (Å²) in [6, 6.07) is 11.8. The standard InChI is InChI=1S/C26H35N5O4/c1-17-6-9-19(14-23(17)34-2)29-26(33)18-7-10-20(11-8-18)31-16-35-15-28-25-21(4-3-5-22(25)31)30-24(32)12-13-27/h3-6,9,14,18,20,28H,7-8,10-13,15-16,27H2,1-2H3,(H,29,33)(H,30,32)/t18-,20+. The Kier molecular flexibility index (Phi) is 8.09. The van der Waals surface area contributed by atoms with Gasteiger partial charge in [-0.05, 0) is 56.4 Å². The number of para-hydroxylation sites is 1. The van der Waals surface area contributed by atoms with Crippen LogP contribution in [0.1, 0.15) is 37.7 Å². The number of carbonyl (C=O) groups is 2. The zero-order chi connectivity index (χ0) is 24.8. The molecule has 0 bridgehead atoms. The minimum absolute atomic E-state index is 0.0362. The Balaban J connectivity index is 1.41. The summed E-state index contributed by atoms with van der Waals surface area (Å²) >= 11 is 0. The molecule has 1 aliphatic heterocycles. The molecule has 2 aromatic carbocycles. The van der Waals surface area contributed by atoms with Crippen molar-refractivity contribution in [3.63, 3.8) is 0 Å². The van der Waals surface area contributed by atoms with Crippen molar-refractivity contribution < 1.29 is 19.1 Å². The number of fused-ring (bicyclic) bond motifs is 1. The highest BCUT2D eigenvalue weighted by Gasteiger charge is 2.32. The number of rotatable bonds is 7. The third kappa shape index (κ3) is 5.86. The Morgan fingerprint density at radius 2 is 1.97 bits per heavy atom. The predicted molar refractivity (Wildman–Crippen MR) is 138 cm³/mol. The largest absolute Gasteiger partial charge is 0.496 e. The van der Waals surface area contributed by atoms with Gasteiger partial charge in [-0.3, -0.25) is 9.59 Å². The lowest BCUT2D eigenvalue weighted by Crippen LogP contribution is -2.41. The molecule has 4 rings (SSSR count). The number of nitrogens with two attached hydrogens (primary N) is 1. The second-order valence-electron chi connectivity index (χ2n) is 9.09. The fourth-order valence-electron chi connectivity index (χ4n) is 4.84. The number of nitrogens with one attached hydrogen (secondary N) is 3. The summed E-state index contributed by atoms with van der Waals surface area (Å²) < 4.78 is 11.2. The van der Waals surface area contributed by atoms with E-state index in [1.165, 1.54) is 0 Å². The molecule has 2 aliphatic rings. The molecule has 188 valence electrons. The first-order valence-electron chi connectivity index (χ1n) is 12.2. The highest BCUT2D eigenvalue weighted by molar-refractivity contribution is 5.97. The van der Waals surface area contributed by atoms with Crippen LogP contribution in [0, 0.1) is 12.8 Å². The number of aryl methyl sites for hydroxylation is 1. The van der Waals surface area contributed by atoms with Gasteiger partial charge in [0.15, 0.2) is 0 Å². The van der Waals surface area contributed by atoms with E-state index in [2.05, 4.69) is 20.9 Å². The molecule has 2 aromatic rings. The molecule has 35 heavy (non-hydrogen) atoms. The maximum Gasteiger partial charge on any atom is 0.227 e. The molecule has 2 amide bonds. The number of methoxy groups -OCH3 is 1. The van der Waals surface area contributed by atoms with Gasteiger partial charge in [0.1, 0.15) is 19.2 Å². The highest BCUT2D eigenvalue weighted by Crippen LogP contribution is 2.39. The number of carbonyl (C=O) groups excluding carboxylic acids is 2. The van der Waals surface area contributed by atoms with Crippen LogP contribution in [0.5, 0.6) is 5.75 Å². The zero-order valence-corrected chi connectivity index (χ0v) is 20.4. The normalized spacial score (nSPS) is 19.7. The van der Waals surface area contributed by atoms with Gasteiger partial charge in [-0.25, -0.2) is 0 Å². The minimum Gasteiger partial charge on any atom is -0.496 e. The molecule has 0 saturated heterocycles. The molecule has 1 aliphatic carbocycles. The lowest BCUT2D eigenvalue weighted by molar-refractivity contribution is -0.121. The number of nitrogens with zero attached hydrogens (tertiary/aromatic N) is 1. The summed E-state index contributed by atoms with van der Waals surface area (Å²) in [7, 11) is 1.63. The van der Waals surface area contributed by atoms with Gasteiger partial charge < -0.3 is 36.1 Å². The first-order valence-corrected chi connectivity index (χ1v) is 12.2. The monoisotopic (exact) mass is 481 g/mol. The Bertz CT molecular complexity index is 1050. The van der Waals surface area contributed by atoms with E-state index in [1.807, 2.05) is 43.3 Å². The van der Waals surface area contributed by atoms with Crippen molar-refractivity contribution in [2.45, 2.75) is 45.1 Å². The number of ether oxygens (including phenoxy) is 2. The molecular weight excluding hydrogens is 446 g/mol. The molecule has 1 saturated carbocycles. The van der Waals surface area contributed by atoms with Crippen molar-refractivity contribution in [1.29, 1.82) is 0 Å². The van der Waals surface area contributed by atoms with Gasteiger partial charge >= 0.3 is 0 Å². The van der Waals surface area contributed by atoms with Crippen LogP contribution in [-0.4, -0.2) is 45.0 Å². The van der Waals surface area contributed by atoms with Crippen LogP contribution in [-0.2, 0) is 14.3 Å². The Morgan fingerprint density at radius 1 is 1.17 bits per heavy atom. The number of amides is 2. The third-order valence-electron chi connectivity index (χ3n) is 6.76. The van der Waals surface area contributed by atoms with Crippen LogP contribution in [0.25, 0.3) is 0 Å². The van der Waals surface area contributed by atoms with Gasteiger partial charge in [0, 0.05) is 36.7 Å². The van der Waals surface area contributed by atoms with E-state index >= 15 is 0 Å². The number of anilines is 4.